The van der Waals surface area contributed by atoms with Crippen LogP contribution in [-0.2, 0) is 24.2 Å². The molecule has 7 heteroatoms. The number of likely N-dealkylation sites (tertiary alicyclic amines) is 1. The SMILES string of the molecule is COC(=O)CC1CCCCN1C(=O)C1CCS(=O)(=O)C1. The van der Waals surface area contributed by atoms with Crippen LogP contribution in [0.15, 0.2) is 0 Å². The average molecular weight is 303 g/mol. The lowest BCUT2D eigenvalue weighted by molar-refractivity contribution is -0.145. The molecule has 2 aliphatic heterocycles. The first-order valence-electron chi connectivity index (χ1n) is 7.00. The molecular weight excluding hydrogens is 282 g/mol. The molecule has 2 atom stereocenters. The molecule has 2 heterocycles. The van der Waals surface area contributed by atoms with E-state index in [9.17, 15) is 18.0 Å². The van der Waals surface area contributed by atoms with Gasteiger partial charge < -0.3 is 9.64 Å². The molecule has 2 fully saturated rings. The quantitative estimate of drug-likeness (QED) is 0.703. The third kappa shape index (κ3) is 3.50. The Bertz CT molecular complexity index is 487. The number of amides is 1. The van der Waals surface area contributed by atoms with Gasteiger partial charge in [-0.15, -0.1) is 0 Å². The Kier molecular flexibility index (Phi) is 4.67. The molecule has 2 aliphatic rings. The molecule has 0 aliphatic carbocycles. The van der Waals surface area contributed by atoms with Crippen LogP contribution >= 0.6 is 0 Å². The number of hydrogen-bond donors (Lipinski definition) is 0. The standard InChI is InChI=1S/C13H21NO5S/c1-19-12(15)8-11-4-2-3-6-14(11)13(16)10-5-7-20(17,18)9-10/h10-11H,2-9H2,1H3. The lowest BCUT2D eigenvalue weighted by atomic mass is 9.96. The summed E-state index contributed by atoms with van der Waals surface area (Å²) < 4.78 is 27.6. The summed E-state index contributed by atoms with van der Waals surface area (Å²) in [6.45, 7) is 0.608. The molecule has 0 saturated carbocycles. The van der Waals surface area contributed by atoms with E-state index in [1.54, 1.807) is 4.90 Å². The van der Waals surface area contributed by atoms with Gasteiger partial charge in [0.25, 0.3) is 0 Å². The highest BCUT2D eigenvalue weighted by Crippen LogP contribution is 2.26. The van der Waals surface area contributed by atoms with E-state index in [2.05, 4.69) is 4.74 Å². The molecule has 2 rings (SSSR count). The van der Waals surface area contributed by atoms with Gasteiger partial charge in [0, 0.05) is 12.6 Å². The van der Waals surface area contributed by atoms with Crippen molar-refractivity contribution in [2.75, 3.05) is 25.2 Å². The lowest BCUT2D eigenvalue weighted by Crippen LogP contribution is -2.47. The van der Waals surface area contributed by atoms with Gasteiger partial charge in [-0.2, -0.15) is 0 Å². The van der Waals surface area contributed by atoms with Crippen molar-refractivity contribution in [3.8, 4) is 0 Å². The van der Waals surface area contributed by atoms with E-state index in [0.29, 0.717) is 13.0 Å². The minimum absolute atomic E-state index is 0.0483. The van der Waals surface area contributed by atoms with Crippen molar-refractivity contribution in [2.24, 2.45) is 5.92 Å². The fourth-order valence-electron chi connectivity index (χ4n) is 3.00. The number of ether oxygens (including phenoxy) is 1. The number of sulfone groups is 1. The summed E-state index contributed by atoms with van der Waals surface area (Å²) in [5, 5.41) is 0. The number of carbonyl (C=O) groups excluding carboxylic acids is 2. The highest BCUT2D eigenvalue weighted by Gasteiger charge is 2.38. The van der Waals surface area contributed by atoms with E-state index in [0.717, 1.165) is 19.3 Å². The third-order valence-corrected chi connectivity index (χ3v) is 5.89. The topological polar surface area (TPSA) is 80.8 Å². The van der Waals surface area contributed by atoms with E-state index in [1.165, 1.54) is 7.11 Å². The fraction of sp³-hybridized carbons (Fsp3) is 0.846. The molecule has 0 aromatic rings. The molecule has 0 aromatic heterocycles. The van der Waals surface area contributed by atoms with E-state index < -0.39 is 15.8 Å². The van der Waals surface area contributed by atoms with Crippen LogP contribution < -0.4 is 0 Å². The molecule has 0 spiro atoms. The predicted molar refractivity (Wildman–Crippen MR) is 72.7 cm³/mol. The van der Waals surface area contributed by atoms with Crippen LogP contribution in [0.2, 0.25) is 0 Å². The van der Waals surface area contributed by atoms with Gasteiger partial charge in [0.05, 0.1) is 31.0 Å². The monoisotopic (exact) mass is 303 g/mol. The van der Waals surface area contributed by atoms with Crippen molar-refractivity contribution in [3.05, 3.63) is 0 Å². The van der Waals surface area contributed by atoms with Crippen molar-refractivity contribution < 1.29 is 22.7 Å². The Hall–Kier alpha value is -1.11. The second-order valence-electron chi connectivity index (χ2n) is 5.56. The molecule has 0 bridgehead atoms. The smallest absolute Gasteiger partial charge is 0.307 e. The van der Waals surface area contributed by atoms with Crippen LogP contribution in [0.3, 0.4) is 0 Å². The fourth-order valence-corrected chi connectivity index (χ4v) is 4.74. The zero-order chi connectivity index (χ0) is 14.8. The molecule has 114 valence electrons. The van der Waals surface area contributed by atoms with Crippen LogP contribution in [0.5, 0.6) is 0 Å². The van der Waals surface area contributed by atoms with Crippen LogP contribution in [0, 0.1) is 5.92 Å². The Morgan fingerprint density at radius 3 is 2.60 bits per heavy atom. The number of piperidine rings is 1. The Balaban J connectivity index is 2.04. The first kappa shape index (κ1) is 15.3. The van der Waals surface area contributed by atoms with E-state index in [-0.39, 0.29) is 35.8 Å². The summed E-state index contributed by atoms with van der Waals surface area (Å²) in [5.41, 5.74) is 0. The summed E-state index contributed by atoms with van der Waals surface area (Å²) in [4.78, 5) is 25.6. The normalized spacial score (nSPS) is 29.1. The number of hydrogen-bond acceptors (Lipinski definition) is 5. The van der Waals surface area contributed by atoms with Gasteiger partial charge in [0.15, 0.2) is 9.84 Å². The Morgan fingerprint density at radius 2 is 2.00 bits per heavy atom. The maximum absolute atomic E-state index is 12.5. The third-order valence-electron chi connectivity index (χ3n) is 4.12. The maximum Gasteiger partial charge on any atom is 0.307 e. The van der Waals surface area contributed by atoms with Gasteiger partial charge in [-0.1, -0.05) is 0 Å². The van der Waals surface area contributed by atoms with Gasteiger partial charge >= 0.3 is 5.97 Å². The molecule has 0 aromatic carbocycles. The highest BCUT2D eigenvalue weighted by atomic mass is 32.2. The summed E-state index contributed by atoms with van der Waals surface area (Å²) in [5.74, 6) is -0.821. The number of rotatable bonds is 3. The number of nitrogens with zero attached hydrogens (tertiary/aromatic N) is 1. The first-order valence-corrected chi connectivity index (χ1v) is 8.83. The molecule has 6 nitrogen and oxygen atoms in total. The largest absolute Gasteiger partial charge is 0.469 e. The molecular formula is C13H21NO5S. The molecule has 0 radical (unpaired) electrons. The molecule has 0 N–H and O–H groups in total. The number of methoxy groups -OCH3 is 1. The van der Waals surface area contributed by atoms with Crippen molar-refractivity contribution in [3.63, 3.8) is 0 Å². The van der Waals surface area contributed by atoms with Crippen molar-refractivity contribution in [1.29, 1.82) is 0 Å². The van der Waals surface area contributed by atoms with Crippen LogP contribution in [0.4, 0.5) is 0 Å². The molecule has 2 unspecified atom stereocenters. The van der Waals surface area contributed by atoms with Crippen LogP contribution in [-0.4, -0.2) is 56.4 Å². The molecule has 1 amide bonds. The van der Waals surface area contributed by atoms with E-state index >= 15 is 0 Å². The Morgan fingerprint density at radius 1 is 1.25 bits per heavy atom. The first-order chi connectivity index (χ1) is 9.43. The van der Waals surface area contributed by atoms with Gasteiger partial charge in [0.2, 0.25) is 5.91 Å². The summed E-state index contributed by atoms with van der Waals surface area (Å²) in [6, 6.07) is -0.146. The summed E-state index contributed by atoms with van der Waals surface area (Å²) in [7, 11) is -1.73. The van der Waals surface area contributed by atoms with Gasteiger partial charge in [-0.05, 0) is 25.7 Å². The molecule has 2 saturated heterocycles. The van der Waals surface area contributed by atoms with Crippen molar-refractivity contribution in [2.45, 2.75) is 38.1 Å². The summed E-state index contributed by atoms with van der Waals surface area (Å²) in [6.07, 6.45) is 3.27. The second kappa shape index (κ2) is 6.11. The highest BCUT2D eigenvalue weighted by molar-refractivity contribution is 7.91. The van der Waals surface area contributed by atoms with Crippen molar-refractivity contribution in [1.82, 2.24) is 4.90 Å². The average Bonchev–Trinajstić information content (AvgIpc) is 2.79. The van der Waals surface area contributed by atoms with Crippen LogP contribution in [0.25, 0.3) is 0 Å². The Labute approximate surface area is 119 Å². The van der Waals surface area contributed by atoms with Gasteiger partial charge in [-0.25, -0.2) is 8.42 Å². The minimum Gasteiger partial charge on any atom is -0.469 e. The van der Waals surface area contributed by atoms with E-state index in [1.807, 2.05) is 0 Å². The van der Waals surface area contributed by atoms with Crippen LogP contribution in [0.1, 0.15) is 32.1 Å². The zero-order valence-electron chi connectivity index (χ0n) is 11.7. The lowest BCUT2D eigenvalue weighted by Gasteiger charge is -2.36. The number of carbonyl (C=O) groups is 2. The van der Waals surface area contributed by atoms with Gasteiger partial charge in [-0.3, -0.25) is 9.59 Å². The predicted octanol–water partition coefficient (Wildman–Crippen LogP) is 0.365. The second-order valence-corrected chi connectivity index (χ2v) is 7.79. The zero-order valence-corrected chi connectivity index (χ0v) is 12.5. The van der Waals surface area contributed by atoms with Gasteiger partial charge in [0.1, 0.15) is 0 Å². The summed E-state index contributed by atoms with van der Waals surface area (Å²) >= 11 is 0. The molecule has 20 heavy (non-hydrogen) atoms. The minimum atomic E-state index is -3.06. The van der Waals surface area contributed by atoms with E-state index in [4.69, 9.17) is 0 Å². The van der Waals surface area contributed by atoms with Crippen molar-refractivity contribution >= 4 is 21.7 Å². The maximum atomic E-state index is 12.5. The number of esters is 1.